The van der Waals surface area contributed by atoms with E-state index in [4.69, 9.17) is 0 Å². The number of sulfonamides is 1. The molecular weight excluding hydrogens is 406 g/mol. The van der Waals surface area contributed by atoms with E-state index >= 15 is 0 Å². The van der Waals surface area contributed by atoms with Crippen molar-refractivity contribution in [1.29, 1.82) is 0 Å². The summed E-state index contributed by atoms with van der Waals surface area (Å²) in [5.41, 5.74) is 2.28. The lowest BCUT2D eigenvalue weighted by Gasteiger charge is -2.28. The molecule has 0 aliphatic carbocycles. The van der Waals surface area contributed by atoms with Gasteiger partial charge in [-0.15, -0.1) is 0 Å². The molecule has 1 aliphatic rings. The van der Waals surface area contributed by atoms with Gasteiger partial charge >= 0.3 is 0 Å². The summed E-state index contributed by atoms with van der Waals surface area (Å²) in [5, 5.41) is 1.74. The Bertz CT molecular complexity index is 1150. The van der Waals surface area contributed by atoms with Gasteiger partial charge in [0.1, 0.15) is 0 Å². The molecule has 0 radical (unpaired) electrons. The Hall–Kier alpha value is -2.41. The van der Waals surface area contributed by atoms with Crippen LogP contribution in [0.3, 0.4) is 0 Å². The first-order valence-electron chi connectivity index (χ1n) is 10.9. The van der Waals surface area contributed by atoms with Crippen LogP contribution in [0.15, 0.2) is 71.6 Å². The molecular formula is C25H31N3O2S. The summed E-state index contributed by atoms with van der Waals surface area (Å²) < 4.78 is 29.3. The molecule has 1 heterocycles. The quantitative estimate of drug-likeness (QED) is 0.556. The maximum absolute atomic E-state index is 13.8. The normalized spacial score (nSPS) is 17.5. The highest BCUT2D eigenvalue weighted by atomic mass is 32.2. The van der Waals surface area contributed by atoms with Crippen molar-refractivity contribution in [3.8, 4) is 0 Å². The van der Waals surface area contributed by atoms with Gasteiger partial charge in [0.25, 0.3) is 0 Å². The second-order valence-electron chi connectivity index (χ2n) is 8.39. The van der Waals surface area contributed by atoms with E-state index in [1.54, 1.807) is 10.4 Å². The van der Waals surface area contributed by atoms with Crippen LogP contribution in [0.2, 0.25) is 0 Å². The van der Waals surface area contributed by atoms with E-state index in [2.05, 4.69) is 17.0 Å². The largest absolute Gasteiger partial charge is 0.377 e. The smallest absolute Gasteiger partial charge is 0.243 e. The number of likely N-dealkylation sites (N-methyl/N-ethyl adjacent to an activating group) is 1. The van der Waals surface area contributed by atoms with Gasteiger partial charge < -0.3 is 4.90 Å². The van der Waals surface area contributed by atoms with Gasteiger partial charge in [0.2, 0.25) is 10.0 Å². The van der Waals surface area contributed by atoms with Crippen molar-refractivity contribution in [1.82, 2.24) is 9.21 Å². The van der Waals surface area contributed by atoms with Crippen molar-refractivity contribution in [3.05, 3.63) is 72.3 Å². The van der Waals surface area contributed by atoms with Crippen molar-refractivity contribution in [2.75, 3.05) is 38.6 Å². The zero-order chi connectivity index (χ0) is 22.0. The molecule has 3 aromatic rings. The molecule has 0 spiro atoms. The Kier molecular flexibility index (Phi) is 6.32. The number of rotatable bonds is 7. The van der Waals surface area contributed by atoms with E-state index in [0.717, 1.165) is 42.5 Å². The predicted octanol–water partition coefficient (Wildman–Crippen LogP) is 4.19. The highest BCUT2D eigenvalue weighted by Crippen LogP contribution is 2.33. The third-order valence-corrected chi connectivity index (χ3v) is 8.23. The lowest BCUT2D eigenvalue weighted by Crippen LogP contribution is -2.41. The predicted molar refractivity (Wildman–Crippen MR) is 128 cm³/mol. The number of anilines is 1. The average molecular weight is 438 g/mol. The SMILES string of the molecule is CCN(C1CCN(Cc2ccccc2)C1)S(=O)(=O)c1cccc2c(N(C)C)cccc12. The van der Waals surface area contributed by atoms with Crippen LogP contribution in [0.1, 0.15) is 18.9 Å². The second kappa shape index (κ2) is 8.99. The van der Waals surface area contributed by atoms with E-state index in [-0.39, 0.29) is 6.04 Å². The van der Waals surface area contributed by atoms with Crippen molar-refractivity contribution in [3.63, 3.8) is 0 Å². The molecule has 0 amide bonds. The molecule has 5 nitrogen and oxygen atoms in total. The van der Waals surface area contributed by atoms with Crippen LogP contribution in [0.25, 0.3) is 10.8 Å². The first kappa shape index (κ1) is 21.8. The van der Waals surface area contributed by atoms with Crippen molar-refractivity contribution >= 4 is 26.5 Å². The summed E-state index contributed by atoms with van der Waals surface area (Å²) in [5.74, 6) is 0. The van der Waals surface area contributed by atoms with Crippen molar-refractivity contribution in [2.24, 2.45) is 0 Å². The minimum atomic E-state index is -3.61. The molecule has 3 aromatic carbocycles. The fourth-order valence-electron chi connectivity index (χ4n) is 4.66. The second-order valence-corrected chi connectivity index (χ2v) is 10.3. The number of hydrogen-bond donors (Lipinski definition) is 0. The van der Waals surface area contributed by atoms with Crippen LogP contribution < -0.4 is 4.90 Å². The Morgan fingerprint density at radius 1 is 0.935 bits per heavy atom. The van der Waals surface area contributed by atoms with Crippen molar-refractivity contribution < 1.29 is 8.42 Å². The molecule has 1 saturated heterocycles. The number of fused-ring (bicyclic) bond motifs is 1. The van der Waals surface area contributed by atoms with E-state index in [1.807, 2.05) is 74.4 Å². The zero-order valence-corrected chi connectivity index (χ0v) is 19.3. The molecule has 1 fully saturated rings. The van der Waals surface area contributed by atoms with Gasteiger partial charge in [-0.05, 0) is 24.1 Å². The van der Waals surface area contributed by atoms with E-state index in [9.17, 15) is 8.42 Å². The summed E-state index contributed by atoms with van der Waals surface area (Å²) in [7, 11) is 0.349. The maximum Gasteiger partial charge on any atom is 0.243 e. The van der Waals surface area contributed by atoms with Crippen LogP contribution in [0.4, 0.5) is 5.69 Å². The summed E-state index contributed by atoms with van der Waals surface area (Å²) in [6.07, 6.45) is 0.855. The van der Waals surface area contributed by atoms with E-state index in [0.29, 0.717) is 11.4 Å². The first-order chi connectivity index (χ1) is 14.9. The topological polar surface area (TPSA) is 43.9 Å². The molecule has 164 valence electrons. The minimum absolute atomic E-state index is 0.00833. The number of benzene rings is 3. The summed E-state index contributed by atoms with van der Waals surface area (Å²) in [6.45, 7) is 4.93. The summed E-state index contributed by atoms with van der Waals surface area (Å²) >= 11 is 0. The Morgan fingerprint density at radius 2 is 1.65 bits per heavy atom. The lowest BCUT2D eigenvalue weighted by atomic mass is 10.1. The zero-order valence-electron chi connectivity index (χ0n) is 18.5. The van der Waals surface area contributed by atoms with Gasteiger partial charge in [-0.1, -0.05) is 61.5 Å². The van der Waals surface area contributed by atoms with E-state index in [1.165, 1.54) is 5.56 Å². The fourth-order valence-corrected chi connectivity index (χ4v) is 6.53. The molecule has 1 atom stereocenters. The van der Waals surface area contributed by atoms with Gasteiger partial charge in [-0.3, -0.25) is 4.90 Å². The van der Waals surface area contributed by atoms with Crippen LogP contribution in [-0.2, 0) is 16.6 Å². The minimum Gasteiger partial charge on any atom is -0.377 e. The molecule has 0 bridgehead atoms. The number of nitrogens with zero attached hydrogens (tertiary/aromatic N) is 3. The van der Waals surface area contributed by atoms with Gasteiger partial charge in [0.15, 0.2) is 0 Å². The third-order valence-electron chi connectivity index (χ3n) is 6.14. The first-order valence-corrected chi connectivity index (χ1v) is 12.3. The molecule has 0 saturated carbocycles. The molecule has 6 heteroatoms. The molecule has 1 unspecified atom stereocenters. The molecule has 4 rings (SSSR count). The number of hydrogen-bond acceptors (Lipinski definition) is 4. The van der Waals surface area contributed by atoms with Crippen LogP contribution in [0.5, 0.6) is 0 Å². The average Bonchev–Trinajstić information content (AvgIpc) is 3.21. The molecule has 0 aromatic heterocycles. The van der Waals surface area contributed by atoms with E-state index < -0.39 is 10.0 Å². The van der Waals surface area contributed by atoms with Crippen LogP contribution >= 0.6 is 0 Å². The van der Waals surface area contributed by atoms with Crippen LogP contribution in [0, 0.1) is 0 Å². The lowest BCUT2D eigenvalue weighted by molar-refractivity contribution is 0.286. The Balaban J connectivity index is 1.63. The highest BCUT2D eigenvalue weighted by molar-refractivity contribution is 7.89. The molecule has 0 N–H and O–H groups in total. The maximum atomic E-state index is 13.8. The van der Waals surface area contributed by atoms with Gasteiger partial charge in [0.05, 0.1) is 4.90 Å². The standard InChI is InChI=1S/C25H31N3O2S/c1-4-28(21-16-17-27(19-21)18-20-10-6-5-7-11-20)31(29,30)25-15-9-12-22-23(25)13-8-14-24(22)26(2)3/h5-15,21H,4,16-19H2,1-3H3. The van der Waals surface area contributed by atoms with Crippen LogP contribution in [-0.4, -0.2) is 57.4 Å². The van der Waals surface area contributed by atoms with Gasteiger partial charge in [-0.25, -0.2) is 8.42 Å². The molecule has 31 heavy (non-hydrogen) atoms. The third kappa shape index (κ3) is 4.33. The summed E-state index contributed by atoms with van der Waals surface area (Å²) in [6, 6.07) is 21.8. The molecule has 1 aliphatic heterocycles. The Labute approximate surface area is 185 Å². The van der Waals surface area contributed by atoms with Crippen molar-refractivity contribution in [2.45, 2.75) is 30.8 Å². The number of likely N-dealkylation sites (tertiary alicyclic amines) is 1. The van der Waals surface area contributed by atoms with Gasteiger partial charge in [0, 0.05) is 62.8 Å². The monoisotopic (exact) mass is 437 g/mol. The summed E-state index contributed by atoms with van der Waals surface area (Å²) in [4.78, 5) is 4.78. The fraction of sp³-hybridized carbons (Fsp3) is 0.360. The highest BCUT2D eigenvalue weighted by Gasteiger charge is 2.35. The van der Waals surface area contributed by atoms with Gasteiger partial charge in [-0.2, -0.15) is 4.31 Å². The Morgan fingerprint density at radius 3 is 2.35 bits per heavy atom.